The van der Waals surface area contributed by atoms with E-state index in [0.717, 1.165) is 17.2 Å². The summed E-state index contributed by atoms with van der Waals surface area (Å²) < 4.78 is 0. The zero-order chi connectivity index (χ0) is 10.6. The predicted molar refractivity (Wildman–Crippen MR) is 67.3 cm³/mol. The van der Waals surface area contributed by atoms with Gasteiger partial charge in [-0.25, -0.2) is 4.98 Å². The number of nitrogens with zero attached hydrogens (tertiary/aromatic N) is 1. The molecule has 1 atom stereocenters. The van der Waals surface area contributed by atoms with Crippen LogP contribution in [-0.2, 0) is 6.42 Å². The van der Waals surface area contributed by atoms with Gasteiger partial charge in [-0.1, -0.05) is 29.8 Å². The summed E-state index contributed by atoms with van der Waals surface area (Å²) in [5.41, 5.74) is 3.16. The molecule has 1 nitrogen and oxygen atoms in total. The molecule has 14 heavy (non-hydrogen) atoms. The average Bonchev–Trinajstić information content (AvgIpc) is 2.52. The van der Waals surface area contributed by atoms with Gasteiger partial charge in [-0.3, -0.25) is 0 Å². The number of alkyl halides is 1. The lowest BCUT2D eigenvalue weighted by molar-refractivity contribution is 0.402. The first-order valence-corrected chi connectivity index (χ1v) is 7.10. The SMILES string of the molecule is Cc1ncsc1CCC(CBr)C(C)C. The van der Waals surface area contributed by atoms with Crippen LogP contribution in [0.2, 0.25) is 0 Å². The second-order valence-corrected chi connectivity index (χ2v) is 5.64. The monoisotopic (exact) mass is 275 g/mol. The molecule has 0 spiro atoms. The molecule has 0 aliphatic carbocycles. The Hall–Kier alpha value is 0.110. The van der Waals surface area contributed by atoms with Crippen molar-refractivity contribution in [3.05, 3.63) is 16.1 Å². The summed E-state index contributed by atoms with van der Waals surface area (Å²) in [6.45, 7) is 6.70. The minimum atomic E-state index is 0.766. The summed E-state index contributed by atoms with van der Waals surface area (Å²) in [5.74, 6) is 1.55. The molecule has 1 heterocycles. The first kappa shape index (κ1) is 12.2. The Balaban J connectivity index is 2.43. The molecular weight excluding hydrogens is 258 g/mol. The predicted octanol–water partition coefficient (Wildman–Crippen LogP) is 4.05. The van der Waals surface area contributed by atoms with Gasteiger partial charge < -0.3 is 0 Å². The van der Waals surface area contributed by atoms with Gasteiger partial charge in [-0.15, -0.1) is 11.3 Å². The third-order valence-electron chi connectivity index (χ3n) is 2.73. The van der Waals surface area contributed by atoms with Crippen LogP contribution in [-0.4, -0.2) is 10.3 Å². The maximum atomic E-state index is 4.27. The van der Waals surface area contributed by atoms with Gasteiger partial charge in [0.2, 0.25) is 0 Å². The number of thiazole rings is 1. The fraction of sp³-hybridized carbons (Fsp3) is 0.727. The van der Waals surface area contributed by atoms with Gasteiger partial charge >= 0.3 is 0 Å². The first-order chi connectivity index (χ1) is 6.65. The molecular formula is C11H18BrNS. The minimum absolute atomic E-state index is 0.766. The molecule has 0 bridgehead atoms. The Labute approximate surface area is 99.1 Å². The van der Waals surface area contributed by atoms with E-state index in [1.807, 2.05) is 5.51 Å². The van der Waals surface area contributed by atoms with E-state index < -0.39 is 0 Å². The van der Waals surface area contributed by atoms with Crippen LogP contribution in [0.25, 0.3) is 0 Å². The Morgan fingerprint density at radius 3 is 2.64 bits per heavy atom. The molecule has 0 saturated heterocycles. The quantitative estimate of drug-likeness (QED) is 0.739. The standard InChI is InChI=1S/C11H18BrNS/c1-8(2)10(6-12)4-5-11-9(3)13-7-14-11/h7-8,10H,4-6H2,1-3H3. The zero-order valence-corrected chi connectivity index (χ0v) is 11.5. The minimum Gasteiger partial charge on any atom is -0.250 e. The van der Waals surface area contributed by atoms with Crippen molar-refractivity contribution >= 4 is 27.3 Å². The van der Waals surface area contributed by atoms with E-state index in [2.05, 4.69) is 41.7 Å². The van der Waals surface area contributed by atoms with Crippen LogP contribution in [0.5, 0.6) is 0 Å². The molecule has 3 heteroatoms. The zero-order valence-electron chi connectivity index (χ0n) is 9.09. The molecule has 0 radical (unpaired) electrons. The third-order valence-corrected chi connectivity index (χ3v) is 4.55. The second-order valence-electron chi connectivity index (χ2n) is 4.06. The molecule has 1 aromatic rings. The molecule has 1 rings (SSSR count). The van der Waals surface area contributed by atoms with Crippen LogP contribution in [0.1, 0.15) is 30.8 Å². The molecule has 0 aromatic carbocycles. The summed E-state index contributed by atoms with van der Waals surface area (Å²) in [5, 5.41) is 1.11. The first-order valence-electron chi connectivity index (χ1n) is 5.10. The maximum Gasteiger partial charge on any atom is 0.0797 e. The molecule has 1 unspecified atom stereocenters. The van der Waals surface area contributed by atoms with E-state index in [0.29, 0.717) is 0 Å². The number of rotatable bonds is 5. The summed E-state index contributed by atoms with van der Waals surface area (Å²) in [6, 6.07) is 0. The van der Waals surface area contributed by atoms with Crippen LogP contribution in [0.4, 0.5) is 0 Å². The van der Waals surface area contributed by atoms with Gasteiger partial charge in [-0.05, 0) is 31.6 Å². The van der Waals surface area contributed by atoms with Crippen LogP contribution < -0.4 is 0 Å². The fourth-order valence-corrected chi connectivity index (χ4v) is 3.34. The third kappa shape index (κ3) is 3.35. The molecule has 0 fully saturated rings. The molecule has 0 aliphatic heterocycles. The van der Waals surface area contributed by atoms with Crippen molar-refractivity contribution in [2.45, 2.75) is 33.6 Å². The lowest BCUT2D eigenvalue weighted by atomic mass is 9.93. The van der Waals surface area contributed by atoms with Gasteiger partial charge in [-0.2, -0.15) is 0 Å². The molecule has 0 amide bonds. The fourth-order valence-electron chi connectivity index (χ4n) is 1.47. The van der Waals surface area contributed by atoms with E-state index in [1.165, 1.54) is 23.4 Å². The van der Waals surface area contributed by atoms with Gasteiger partial charge in [0, 0.05) is 10.2 Å². The van der Waals surface area contributed by atoms with Crippen molar-refractivity contribution in [3.63, 3.8) is 0 Å². The van der Waals surface area contributed by atoms with Crippen LogP contribution in [0.15, 0.2) is 5.51 Å². The van der Waals surface area contributed by atoms with Crippen molar-refractivity contribution in [2.75, 3.05) is 5.33 Å². The number of hydrogen-bond acceptors (Lipinski definition) is 2. The van der Waals surface area contributed by atoms with Crippen molar-refractivity contribution < 1.29 is 0 Å². The van der Waals surface area contributed by atoms with E-state index in [4.69, 9.17) is 0 Å². The highest BCUT2D eigenvalue weighted by Gasteiger charge is 2.12. The van der Waals surface area contributed by atoms with Gasteiger partial charge in [0.15, 0.2) is 0 Å². The van der Waals surface area contributed by atoms with Crippen molar-refractivity contribution in [3.8, 4) is 0 Å². The highest BCUT2D eigenvalue weighted by Crippen LogP contribution is 2.22. The summed E-state index contributed by atoms with van der Waals surface area (Å²) in [4.78, 5) is 5.73. The Kier molecular flexibility index (Phi) is 5.10. The molecule has 0 aliphatic rings. The largest absolute Gasteiger partial charge is 0.250 e. The van der Waals surface area contributed by atoms with Gasteiger partial charge in [0.25, 0.3) is 0 Å². The Morgan fingerprint density at radius 1 is 1.50 bits per heavy atom. The number of halogens is 1. The number of hydrogen-bond donors (Lipinski definition) is 0. The second kappa shape index (κ2) is 5.86. The van der Waals surface area contributed by atoms with E-state index in [9.17, 15) is 0 Å². The van der Waals surface area contributed by atoms with Crippen LogP contribution in [0, 0.1) is 18.8 Å². The Morgan fingerprint density at radius 2 is 2.21 bits per heavy atom. The highest BCUT2D eigenvalue weighted by molar-refractivity contribution is 9.09. The normalized spacial score (nSPS) is 13.5. The summed E-state index contributed by atoms with van der Waals surface area (Å²) in [7, 11) is 0. The molecule has 0 N–H and O–H groups in total. The number of aromatic nitrogens is 1. The van der Waals surface area contributed by atoms with Crippen molar-refractivity contribution in [1.82, 2.24) is 4.98 Å². The summed E-state index contributed by atoms with van der Waals surface area (Å²) >= 11 is 5.37. The van der Waals surface area contributed by atoms with Crippen molar-refractivity contribution in [2.24, 2.45) is 11.8 Å². The average molecular weight is 276 g/mol. The number of aryl methyl sites for hydroxylation is 2. The summed E-state index contributed by atoms with van der Waals surface area (Å²) in [6.07, 6.45) is 2.46. The van der Waals surface area contributed by atoms with E-state index in [1.54, 1.807) is 11.3 Å². The molecule has 0 saturated carbocycles. The highest BCUT2D eigenvalue weighted by atomic mass is 79.9. The van der Waals surface area contributed by atoms with Gasteiger partial charge in [0.1, 0.15) is 0 Å². The van der Waals surface area contributed by atoms with E-state index >= 15 is 0 Å². The van der Waals surface area contributed by atoms with Crippen LogP contribution >= 0.6 is 27.3 Å². The molecule has 1 aromatic heterocycles. The lowest BCUT2D eigenvalue weighted by Gasteiger charge is -2.17. The Bertz CT molecular complexity index is 270. The van der Waals surface area contributed by atoms with Crippen LogP contribution in [0.3, 0.4) is 0 Å². The van der Waals surface area contributed by atoms with Crippen molar-refractivity contribution in [1.29, 1.82) is 0 Å². The van der Waals surface area contributed by atoms with Gasteiger partial charge in [0.05, 0.1) is 11.2 Å². The smallest absolute Gasteiger partial charge is 0.0797 e. The lowest BCUT2D eigenvalue weighted by Crippen LogP contribution is -2.11. The molecule has 80 valence electrons. The topological polar surface area (TPSA) is 12.9 Å². The maximum absolute atomic E-state index is 4.27. The van der Waals surface area contributed by atoms with E-state index in [-0.39, 0.29) is 0 Å².